The molecule has 1 aliphatic heterocycles. The number of aryl methyl sites for hydroxylation is 1. The number of halogens is 1. The minimum Gasteiger partial charge on any atom is -0.469 e. The molecule has 26 heavy (non-hydrogen) atoms. The lowest BCUT2D eigenvalue weighted by Crippen LogP contribution is -2.30. The zero-order valence-electron chi connectivity index (χ0n) is 14.2. The topological polar surface area (TPSA) is 51.6 Å². The van der Waals surface area contributed by atoms with Gasteiger partial charge in [-0.2, -0.15) is 0 Å². The van der Waals surface area contributed by atoms with Crippen LogP contribution in [-0.2, 0) is 4.74 Å². The fraction of sp³-hybridized carbons (Fsp3) is 0.250. The largest absolute Gasteiger partial charge is 0.469 e. The maximum atomic E-state index is 9.82. The summed E-state index contributed by atoms with van der Waals surface area (Å²) in [5, 5.41) is 12.7. The van der Waals surface area contributed by atoms with E-state index in [4.69, 9.17) is 21.1 Å². The van der Waals surface area contributed by atoms with Crippen molar-refractivity contribution in [3.63, 3.8) is 0 Å². The molecule has 6 heteroatoms. The van der Waals surface area contributed by atoms with E-state index in [1.54, 1.807) is 17.5 Å². The Balaban J connectivity index is 1.58. The van der Waals surface area contributed by atoms with Crippen LogP contribution in [0.25, 0.3) is 21.6 Å². The van der Waals surface area contributed by atoms with E-state index in [-0.39, 0.29) is 6.10 Å². The monoisotopic (exact) mass is 387 g/mol. The van der Waals surface area contributed by atoms with Crippen molar-refractivity contribution in [2.24, 2.45) is 0 Å². The standard InChI is InChI=1S/C20H18ClNO3S/c1-12-2-3-15(16(21)6-12)19-7-14(11-26-19)13-4-5-22-20(8-13)25-18-10-24-9-17(18)23/h2-8,11,17-18,23H,9-10H2,1H3. The fourth-order valence-electron chi connectivity index (χ4n) is 2.89. The SMILES string of the molecule is Cc1ccc(-c2cc(-c3ccnc(OC4COCC4O)c3)cs2)c(Cl)c1. The maximum Gasteiger partial charge on any atom is 0.214 e. The number of aliphatic hydroxyl groups excluding tert-OH is 1. The molecule has 1 N–H and O–H groups in total. The second-order valence-corrected chi connectivity index (χ2v) is 7.65. The van der Waals surface area contributed by atoms with E-state index in [2.05, 4.69) is 28.6 Å². The van der Waals surface area contributed by atoms with Gasteiger partial charge in [-0.3, -0.25) is 0 Å². The lowest BCUT2D eigenvalue weighted by Gasteiger charge is -2.14. The summed E-state index contributed by atoms with van der Waals surface area (Å²) >= 11 is 8.05. The van der Waals surface area contributed by atoms with Gasteiger partial charge in [0.05, 0.1) is 13.2 Å². The van der Waals surface area contributed by atoms with Crippen LogP contribution < -0.4 is 4.74 Å². The van der Waals surface area contributed by atoms with Crippen LogP contribution in [-0.4, -0.2) is 35.5 Å². The van der Waals surface area contributed by atoms with E-state index in [0.717, 1.165) is 32.2 Å². The summed E-state index contributed by atoms with van der Waals surface area (Å²) in [6.45, 7) is 2.71. The molecule has 1 saturated heterocycles. The average molecular weight is 388 g/mol. The Morgan fingerprint density at radius 1 is 1.19 bits per heavy atom. The predicted octanol–water partition coefficient (Wildman–Crippen LogP) is 4.58. The molecule has 134 valence electrons. The number of ether oxygens (including phenoxy) is 2. The van der Waals surface area contributed by atoms with Gasteiger partial charge >= 0.3 is 0 Å². The first-order chi connectivity index (χ1) is 12.6. The second-order valence-electron chi connectivity index (χ2n) is 6.33. The smallest absolute Gasteiger partial charge is 0.214 e. The summed E-state index contributed by atoms with van der Waals surface area (Å²) in [7, 11) is 0. The van der Waals surface area contributed by atoms with Crippen LogP contribution in [0.1, 0.15) is 5.56 Å². The molecule has 4 rings (SSSR count). The van der Waals surface area contributed by atoms with E-state index in [1.165, 1.54) is 0 Å². The third kappa shape index (κ3) is 3.62. The molecular weight excluding hydrogens is 370 g/mol. The molecule has 3 aromatic rings. The lowest BCUT2D eigenvalue weighted by atomic mass is 10.1. The summed E-state index contributed by atoms with van der Waals surface area (Å²) < 4.78 is 11.0. The molecule has 4 nitrogen and oxygen atoms in total. The number of rotatable bonds is 4. The number of thiophene rings is 1. The highest BCUT2D eigenvalue weighted by Gasteiger charge is 2.28. The highest BCUT2D eigenvalue weighted by Crippen LogP contribution is 2.37. The normalized spacial score (nSPS) is 19.7. The van der Waals surface area contributed by atoms with Gasteiger partial charge in [0, 0.05) is 27.7 Å². The average Bonchev–Trinajstić information content (AvgIpc) is 3.25. The van der Waals surface area contributed by atoms with Crippen LogP contribution in [0, 0.1) is 6.92 Å². The van der Waals surface area contributed by atoms with Gasteiger partial charge < -0.3 is 14.6 Å². The van der Waals surface area contributed by atoms with Gasteiger partial charge in [-0.1, -0.05) is 23.7 Å². The molecule has 0 amide bonds. The Hall–Kier alpha value is -1.92. The van der Waals surface area contributed by atoms with Crippen molar-refractivity contribution < 1.29 is 14.6 Å². The van der Waals surface area contributed by atoms with E-state index in [0.29, 0.717) is 19.1 Å². The van der Waals surface area contributed by atoms with Gasteiger partial charge in [-0.25, -0.2) is 4.98 Å². The third-order valence-electron chi connectivity index (χ3n) is 4.33. The number of nitrogens with zero attached hydrogens (tertiary/aromatic N) is 1. The summed E-state index contributed by atoms with van der Waals surface area (Å²) in [5.41, 5.74) is 4.26. The van der Waals surface area contributed by atoms with Gasteiger partial charge in [-0.15, -0.1) is 11.3 Å². The molecule has 0 spiro atoms. The van der Waals surface area contributed by atoms with Gasteiger partial charge in [0.1, 0.15) is 6.10 Å². The van der Waals surface area contributed by atoms with Gasteiger partial charge in [0.25, 0.3) is 0 Å². The van der Waals surface area contributed by atoms with Crippen LogP contribution in [0.15, 0.2) is 48.0 Å². The first kappa shape index (κ1) is 17.5. The first-order valence-corrected chi connectivity index (χ1v) is 9.60. The van der Waals surface area contributed by atoms with E-state index in [1.807, 2.05) is 25.1 Å². The highest BCUT2D eigenvalue weighted by atomic mass is 35.5. The van der Waals surface area contributed by atoms with Crippen molar-refractivity contribution in [1.82, 2.24) is 4.98 Å². The number of benzene rings is 1. The molecule has 1 aliphatic rings. The Bertz CT molecular complexity index is 927. The Morgan fingerprint density at radius 2 is 2.08 bits per heavy atom. The number of aliphatic hydroxyl groups is 1. The number of hydrogen-bond donors (Lipinski definition) is 1. The van der Waals surface area contributed by atoms with E-state index >= 15 is 0 Å². The molecule has 1 fully saturated rings. The minimum atomic E-state index is -0.614. The second kappa shape index (κ2) is 7.37. The maximum absolute atomic E-state index is 9.82. The molecule has 1 aromatic carbocycles. The quantitative estimate of drug-likeness (QED) is 0.712. The minimum absolute atomic E-state index is 0.301. The summed E-state index contributed by atoms with van der Waals surface area (Å²) in [6.07, 6.45) is 0.724. The van der Waals surface area contributed by atoms with E-state index < -0.39 is 6.10 Å². The Kier molecular flexibility index (Phi) is 4.96. The van der Waals surface area contributed by atoms with Crippen LogP contribution in [0.4, 0.5) is 0 Å². The summed E-state index contributed by atoms with van der Waals surface area (Å²) in [5.74, 6) is 0.484. The number of aromatic nitrogens is 1. The van der Waals surface area contributed by atoms with Crippen LogP contribution in [0.5, 0.6) is 5.88 Å². The van der Waals surface area contributed by atoms with Crippen molar-refractivity contribution in [3.8, 4) is 27.4 Å². The molecular formula is C20H18ClNO3S. The summed E-state index contributed by atoms with van der Waals surface area (Å²) in [6, 6.07) is 12.0. The Morgan fingerprint density at radius 3 is 2.85 bits per heavy atom. The van der Waals surface area contributed by atoms with Crippen LogP contribution >= 0.6 is 22.9 Å². The molecule has 2 unspecified atom stereocenters. The molecule has 0 aliphatic carbocycles. The van der Waals surface area contributed by atoms with E-state index in [9.17, 15) is 5.11 Å². The predicted molar refractivity (Wildman–Crippen MR) is 104 cm³/mol. The lowest BCUT2D eigenvalue weighted by molar-refractivity contribution is 0.0704. The highest BCUT2D eigenvalue weighted by molar-refractivity contribution is 7.14. The Labute approximate surface area is 161 Å². The van der Waals surface area contributed by atoms with Crippen molar-refractivity contribution in [3.05, 3.63) is 58.6 Å². The molecule has 3 heterocycles. The third-order valence-corrected chi connectivity index (χ3v) is 5.61. The molecule has 0 bridgehead atoms. The van der Waals surface area contributed by atoms with Crippen molar-refractivity contribution in [1.29, 1.82) is 0 Å². The molecule has 0 saturated carbocycles. The fourth-order valence-corrected chi connectivity index (χ4v) is 4.24. The number of hydrogen-bond acceptors (Lipinski definition) is 5. The van der Waals surface area contributed by atoms with Gasteiger partial charge in [0.2, 0.25) is 5.88 Å². The van der Waals surface area contributed by atoms with Gasteiger partial charge in [0.15, 0.2) is 6.10 Å². The van der Waals surface area contributed by atoms with Crippen molar-refractivity contribution in [2.45, 2.75) is 19.1 Å². The first-order valence-electron chi connectivity index (χ1n) is 8.34. The zero-order valence-corrected chi connectivity index (χ0v) is 15.8. The number of pyridine rings is 1. The van der Waals surface area contributed by atoms with Crippen molar-refractivity contribution >= 4 is 22.9 Å². The molecule has 2 atom stereocenters. The molecule has 0 radical (unpaired) electrons. The molecule has 2 aromatic heterocycles. The van der Waals surface area contributed by atoms with Gasteiger partial charge in [-0.05, 0) is 47.2 Å². The van der Waals surface area contributed by atoms with Crippen LogP contribution in [0.3, 0.4) is 0 Å². The zero-order chi connectivity index (χ0) is 18.1. The summed E-state index contributed by atoms with van der Waals surface area (Å²) in [4.78, 5) is 5.36. The van der Waals surface area contributed by atoms with Crippen molar-refractivity contribution in [2.75, 3.05) is 13.2 Å². The van der Waals surface area contributed by atoms with Crippen LogP contribution in [0.2, 0.25) is 5.02 Å².